The third kappa shape index (κ3) is 2.04. The molecule has 2 heterocycles. The van der Waals surface area contributed by atoms with E-state index < -0.39 is 9.84 Å². The van der Waals surface area contributed by atoms with Crippen molar-refractivity contribution in [1.82, 2.24) is 4.98 Å². The molecule has 3 rings (SSSR count). The summed E-state index contributed by atoms with van der Waals surface area (Å²) in [6, 6.07) is 7.82. The molecule has 1 aromatic heterocycles. The highest BCUT2D eigenvalue weighted by atomic mass is 32.2. The first kappa shape index (κ1) is 12.7. The van der Waals surface area contributed by atoms with E-state index in [2.05, 4.69) is 4.98 Å². The predicted molar refractivity (Wildman–Crippen MR) is 73.0 cm³/mol. The van der Waals surface area contributed by atoms with Crippen molar-refractivity contribution in [1.29, 1.82) is 0 Å². The van der Waals surface area contributed by atoms with Gasteiger partial charge in [-0.2, -0.15) is 0 Å². The molecule has 5 nitrogen and oxygen atoms in total. The second kappa shape index (κ2) is 4.64. The molecule has 0 amide bonds. The minimum atomic E-state index is -3.58. The second-order valence-electron chi connectivity index (χ2n) is 4.28. The van der Waals surface area contributed by atoms with Gasteiger partial charge in [0.2, 0.25) is 9.84 Å². The average molecular weight is 289 g/mol. The molecule has 1 aromatic carbocycles. The second-order valence-corrected chi connectivity index (χ2v) is 6.25. The van der Waals surface area contributed by atoms with Crippen molar-refractivity contribution < 1.29 is 18.3 Å². The summed E-state index contributed by atoms with van der Waals surface area (Å²) < 4.78 is 30.0. The van der Waals surface area contributed by atoms with E-state index in [1.165, 1.54) is 30.5 Å². The van der Waals surface area contributed by atoms with Gasteiger partial charge in [-0.15, -0.1) is 0 Å². The number of ether oxygens (including phenoxy) is 1. The van der Waals surface area contributed by atoms with Crippen LogP contribution in [0.1, 0.15) is 5.56 Å². The smallest absolute Gasteiger partial charge is 0.206 e. The minimum absolute atomic E-state index is 0.0533. The Balaban J connectivity index is 1.89. The van der Waals surface area contributed by atoms with Crippen molar-refractivity contribution in [2.75, 3.05) is 6.61 Å². The van der Waals surface area contributed by atoms with Crippen LogP contribution in [0.4, 0.5) is 0 Å². The Labute approximate surface area is 116 Å². The van der Waals surface area contributed by atoms with E-state index in [4.69, 9.17) is 4.74 Å². The number of phenols is 1. The highest BCUT2D eigenvalue weighted by Gasteiger charge is 2.31. The Bertz CT molecular complexity index is 782. The number of rotatable bonds is 3. The van der Waals surface area contributed by atoms with Gasteiger partial charge >= 0.3 is 0 Å². The number of nitrogens with zero attached hydrogens (tertiary/aromatic N) is 1. The van der Waals surface area contributed by atoms with Crippen molar-refractivity contribution in [2.24, 2.45) is 0 Å². The van der Waals surface area contributed by atoms with Crippen LogP contribution in [0.2, 0.25) is 0 Å². The fourth-order valence-corrected chi connectivity index (χ4v) is 3.48. The highest BCUT2D eigenvalue weighted by Crippen LogP contribution is 2.37. The zero-order valence-corrected chi connectivity index (χ0v) is 11.2. The molecule has 0 atom stereocenters. The third-order valence-corrected chi connectivity index (χ3v) is 4.86. The zero-order valence-electron chi connectivity index (χ0n) is 10.4. The SMILES string of the molecule is O=S1(=O)C(COc2cccnc2)=Cc2c(O)cccc21. The van der Waals surface area contributed by atoms with Gasteiger partial charge in [0.1, 0.15) is 18.1 Å². The monoisotopic (exact) mass is 289 g/mol. The summed E-state index contributed by atoms with van der Waals surface area (Å²) in [5.41, 5.74) is 0.317. The summed E-state index contributed by atoms with van der Waals surface area (Å²) in [4.78, 5) is 4.12. The summed E-state index contributed by atoms with van der Waals surface area (Å²) in [6.07, 6.45) is 4.55. The third-order valence-electron chi connectivity index (χ3n) is 3.00. The maximum atomic E-state index is 12.3. The number of benzene rings is 1. The predicted octanol–water partition coefficient (Wildman–Crippen LogP) is 1.99. The molecule has 2 aromatic rings. The number of pyridine rings is 1. The number of hydrogen-bond donors (Lipinski definition) is 1. The van der Waals surface area contributed by atoms with Gasteiger partial charge in [0.25, 0.3) is 0 Å². The fraction of sp³-hybridized carbons (Fsp3) is 0.0714. The highest BCUT2D eigenvalue weighted by molar-refractivity contribution is 7.95. The molecule has 6 heteroatoms. The lowest BCUT2D eigenvalue weighted by Crippen LogP contribution is -2.09. The van der Waals surface area contributed by atoms with Crippen LogP contribution in [0, 0.1) is 0 Å². The van der Waals surface area contributed by atoms with Crippen LogP contribution < -0.4 is 4.74 Å². The quantitative estimate of drug-likeness (QED) is 0.935. The Morgan fingerprint density at radius 1 is 1.20 bits per heavy atom. The minimum Gasteiger partial charge on any atom is -0.507 e. The normalized spacial score (nSPS) is 15.5. The molecule has 0 spiro atoms. The molecular formula is C14H11NO4S. The summed E-state index contributed by atoms with van der Waals surface area (Å²) in [7, 11) is -3.58. The summed E-state index contributed by atoms with van der Waals surface area (Å²) in [5.74, 6) is 0.436. The molecule has 0 fully saturated rings. The van der Waals surface area contributed by atoms with Crippen molar-refractivity contribution >= 4 is 15.9 Å². The average Bonchev–Trinajstić information content (AvgIpc) is 2.71. The Morgan fingerprint density at radius 2 is 2.05 bits per heavy atom. The van der Waals surface area contributed by atoms with Crippen LogP contribution in [0.3, 0.4) is 0 Å². The van der Waals surface area contributed by atoms with E-state index in [9.17, 15) is 13.5 Å². The van der Waals surface area contributed by atoms with E-state index >= 15 is 0 Å². The number of aromatic nitrogens is 1. The van der Waals surface area contributed by atoms with E-state index in [1.807, 2.05) is 0 Å². The Hall–Kier alpha value is -2.34. The Morgan fingerprint density at radius 3 is 2.75 bits per heavy atom. The largest absolute Gasteiger partial charge is 0.507 e. The van der Waals surface area contributed by atoms with Crippen LogP contribution in [-0.4, -0.2) is 25.1 Å². The van der Waals surface area contributed by atoms with E-state index in [1.54, 1.807) is 18.3 Å². The molecule has 0 saturated carbocycles. The zero-order chi connectivity index (χ0) is 14.2. The van der Waals surface area contributed by atoms with Gasteiger partial charge in [-0.3, -0.25) is 4.98 Å². The molecule has 0 radical (unpaired) electrons. The van der Waals surface area contributed by atoms with Gasteiger partial charge in [-0.1, -0.05) is 6.07 Å². The van der Waals surface area contributed by atoms with Gasteiger partial charge in [-0.25, -0.2) is 8.42 Å². The summed E-state index contributed by atoms with van der Waals surface area (Å²) in [5, 5.41) is 9.71. The number of sulfone groups is 1. The molecular weight excluding hydrogens is 278 g/mol. The van der Waals surface area contributed by atoms with E-state index in [-0.39, 0.29) is 22.2 Å². The molecule has 1 aliphatic heterocycles. The lowest BCUT2D eigenvalue weighted by Gasteiger charge is -2.06. The van der Waals surface area contributed by atoms with Crippen LogP contribution in [-0.2, 0) is 9.84 Å². The van der Waals surface area contributed by atoms with Crippen LogP contribution in [0.15, 0.2) is 52.5 Å². The van der Waals surface area contributed by atoms with Gasteiger partial charge < -0.3 is 9.84 Å². The maximum absolute atomic E-state index is 12.3. The van der Waals surface area contributed by atoms with Gasteiger partial charge in [0.15, 0.2) is 0 Å². The van der Waals surface area contributed by atoms with Crippen molar-refractivity contribution in [3.8, 4) is 11.5 Å². The van der Waals surface area contributed by atoms with Gasteiger partial charge in [0.05, 0.1) is 16.0 Å². The van der Waals surface area contributed by atoms with Crippen LogP contribution in [0.5, 0.6) is 11.5 Å². The number of phenolic OH excluding ortho intramolecular Hbond substituents is 1. The van der Waals surface area contributed by atoms with E-state index in [0.29, 0.717) is 11.3 Å². The molecule has 0 aliphatic carbocycles. The first-order valence-corrected chi connectivity index (χ1v) is 7.38. The van der Waals surface area contributed by atoms with Crippen LogP contribution in [0.25, 0.3) is 6.08 Å². The van der Waals surface area contributed by atoms with E-state index in [0.717, 1.165) is 0 Å². The number of fused-ring (bicyclic) bond motifs is 1. The molecule has 0 saturated heterocycles. The first-order valence-electron chi connectivity index (χ1n) is 5.89. The maximum Gasteiger partial charge on any atom is 0.206 e. The topological polar surface area (TPSA) is 76.5 Å². The Kier molecular flexibility index (Phi) is 2.94. The van der Waals surface area contributed by atoms with Crippen LogP contribution >= 0.6 is 0 Å². The molecule has 0 bridgehead atoms. The molecule has 102 valence electrons. The molecule has 20 heavy (non-hydrogen) atoms. The lowest BCUT2D eigenvalue weighted by atomic mass is 10.2. The van der Waals surface area contributed by atoms with Crippen molar-refractivity contribution in [3.63, 3.8) is 0 Å². The number of aromatic hydroxyl groups is 1. The fourth-order valence-electron chi connectivity index (χ4n) is 2.00. The summed E-state index contributed by atoms with van der Waals surface area (Å²) >= 11 is 0. The van der Waals surface area contributed by atoms with Gasteiger partial charge in [0, 0.05) is 11.8 Å². The molecule has 1 aliphatic rings. The molecule has 1 N–H and O–H groups in total. The summed E-state index contributed by atoms with van der Waals surface area (Å²) in [6.45, 7) is -0.0951. The van der Waals surface area contributed by atoms with Crippen molar-refractivity contribution in [3.05, 3.63) is 53.2 Å². The number of hydrogen-bond acceptors (Lipinski definition) is 5. The lowest BCUT2D eigenvalue weighted by molar-refractivity contribution is 0.357. The van der Waals surface area contributed by atoms with Crippen molar-refractivity contribution in [2.45, 2.75) is 4.90 Å². The molecule has 0 unspecified atom stereocenters. The van der Waals surface area contributed by atoms with Gasteiger partial charge in [-0.05, 0) is 30.3 Å². The standard InChI is InChI=1S/C14H11NO4S/c16-13-4-1-5-14-12(13)7-11(20(14,17)18)9-19-10-3-2-6-15-8-10/h1-8,16H,9H2. The first-order chi connectivity index (χ1) is 9.59.